The van der Waals surface area contributed by atoms with Crippen molar-refractivity contribution in [3.05, 3.63) is 0 Å². The minimum Gasteiger partial charge on any atom is -0.295 e. The third-order valence-corrected chi connectivity index (χ3v) is 9.03. The summed E-state index contributed by atoms with van der Waals surface area (Å²) in [6, 6.07) is 0. The number of rotatable bonds is 4. The van der Waals surface area contributed by atoms with Gasteiger partial charge in [0, 0.05) is 0 Å². The predicted octanol–water partition coefficient (Wildman–Crippen LogP) is 4.55. The highest BCUT2D eigenvalue weighted by Gasteiger charge is 2.82. The Morgan fingerprint density at radius 3 is 2.24 bits per heavy atom. The van der Waals surface area contributed by atoms with Gasteiger partial charge in [-0.3, -0.25) is 14.9 Å². The quantitative estimate of drug-likeness (QED) is 0.812. The van der Waals surface area contributed by atoms with Crippen molar-refractivity contribution in [2.24, 2.45) is 45.3 Å². The second-order valence-electron chi connectivity index (χ2n) is 11.4. The Balaban J connectivity index is 1.54. The van der Waals surface area contributed by atoms with E-state index in [1.165, 1.54) is 19.3 Å². The minimum atomic E-state index is -0.523. The van der Waals surface area contributed by atoms with Crippen LogP contribution in [0.15, 0.2) is 0 Å². The van der Waals surface area contributed by atoms with Crippen molar-refractivity contribution in [2.45, 2.75) is 80.1 Å². The maximum absolute atomic E-state index is 13.3. The number of carbonyl (C=O) groups excluding carboxylic acids is 2. The maximum atomic E-state index is 13.3. The van der Waals surface area contributed by atoms with Crippen LogP contribution in [0.4, 0.5) is 0 Å². The largest absolute Gasteiger partial charge is 0.295 e. The average Bonchev–Trinajstić information content (AvgIpc) is 2.93. The average molecular weight is 346 g/mol. The van der Waals surface area contributed by atoms with Crippen LogP contribution >= 0.6 is 0 Å². The Morgan fingerprint density at radius 1 is 1.04 bits per heavy atom. The van der Waals surface area contributed by atoms with Gasteiger partial charge < -0.3 is 0 Å². The number of hydrogen-bond donors (Lipinski definition) is 1. The van der Waals surface area contributed by atoms with Gasteiger partial charge in [0.25, 0.3) is 0 Å². The van der Waals surface area contributed by atoms with Gasteiger partial charge in [0.05, 0.1) is 10.8 Å². The fraction of sp³-hybridized carbons (Fsp3) is 0.909. The summed E-state index contributed by atoms with van der Waals surface area (Å²) in [6.07, 6.45) is 6.82. The SMILES string of the molecule is CC(C)C[C@](C)(C(=O)NC(=O)C12CC3CC4CC(C1)C42C3)C(C)(C)C. The van der Waals surface area contributed by atoms with E-state index in [0.29, 0.717) is 5.92 Å². The molecule has 0 aromatic heterocycles. The summed E-state index contributed by atoms with van der Waals surface area (Å²) in [6.45, 7) is 12.7. The van der Waals surface area contributed by atoms with Gasteiger partial charge in [-0.1, -0.05) is 41.5 Å². The molecule has 0 radical (unpaired) electrons. The molecule has 4 aliphatic rings. The lowest BCUT2D eigenvalue weighted by molar-refractivity contribution is -0.237. The molecule has 140 valence electrons. The molecule has 0 aliphatic heterocycles. The molecule has 0 heterocycles. The Hall–Kier alpha value is -0.860. The first-order valence-electron chi connectivity index (χ1n) is 10.3. The van der Waals surface area contributed by atoms with Crippen LogP contribution in [-0.2, 0) is 9.59 Å². The van der Waals surface area contributed by atoms with Gasteiger partial charge in [0.1, 0.15) is 0 Å². The van der Waals surface area contributed by atoms with Gasteiger partial charge in [-0.2, -0.15) is 0 Å². The zero-order chi connectivity index (χ0) is 18.4. The third-order valence-electron chi connectivity index (χ3n) is 9.03. The Morgan fingerprint density at radius 2 is 1.72 bits per heavy atom. The summed E-state index contributed by atoms with van der Waals surface area (Å²) in [4.78, 5) is 26.6. The first-order valence-corrected chi connectivity index (χ1v) is 10.3. The van der Waals surface area contributed by atoms with Crippen molar-refractivity contribution in [3.8, 4) is 0 Å². The Bertz CT molecular complexity index is 620. The molecule has 3 heteroatoms. The first-order chi connectivity index (χ1) is 11.5. The second kappa shape index (κ2) is 4.89. The Labute approximate surface area is 152 Å². The Kier molecular flexibility index (Phi) is 3.44. The lowest BCUT2D eigenvalue weighted by atomic mass is 9.32. The number of fused-ring (bicyclic) bond motifs is 1. The monoisotopic (exact) mass is 345 g/mol. The molecule has 4 saturated carbocycles. The first kappa shape index (κ1) is 17.5. The number of imide groups is 1. The van der Waals surface area contributed by atoms with E-state index in [1.54, 1.807) is 0 Å². The van der Waals surface area contributed by atoms with Crippen molar-refractivity contribution in [2.75, 3.05) is 0 Å². The normalized spacial score (nSPS) is 43.1. The van der Waals surface area contributed by atoms with Crippen molar-refractivity contribution < 1.29 is 9.59 Å². The fourth-order valence-corrected chi connectivity index (χ4v) is 7.50. The van der Waals surface area contributed by atoms with Crippen LogP contribution in [0.1, 0.15) is 80.1 Å². The number of nitrogens with one attached hydrogen (secondary N) is 1. The molecule has 6 atom stereocenters. The van der Waals surface area contributed by atoms with Crippen LogP contribution in [0, 0.1) is 45.3 Å². The zero-order valence-electron chi connectivity index (χ0n) is 16.9. The second-order valence-corrected chi connectivity index (χ2v) is 11.4. The summed E-state index contributed by atoms with van der Waals surface area (Å²) in [5.74, 6) is 2.73. The molecule has 2 bridgehead atoms. The molecule has 1 spiro atoms. The zero-order valence-corrected chi connectivity index (χ0v) is 16.9. The highest BCUT2D eigenvalue weighted by Crippen LogP contribution is 2.86. The van der Waals surface area contributed by atoms with Crippen LogP contribution in [0.2, 0.25) is 0 Å². The van der Waals surface area contributed by atoms with Crippen LogP contribution < -0.4 is 5.32 Å². The standard InChI is InChI=1S/C22H35NO2/c1-13(2)9-20(6,19(3,4)5)17(24)23-18(25)21-10-14-7-15-8-16(12-21)22(15,21)11-14/h13-16H,7-12H2,1-6H3,(H,23,24,25)/t14?,15?,16?,20-,21?,22?/m1/s1. The molecule has 3 nitrogen and oxygen atoms in total. The molecule has 2 amide bonds. The molecule has 25 heavy (non-hydrogen) atoms. The highest BCUT2D eigenvalue weighted by atomic mass is 16.2. The lowest BCUT2D eigenvalue weighted by Crippen LogP contribution is -2.71. The molecule has 0 aromatic carbocycles. The number of amides is 2. The van der Waals surface area contributed by atoms with E-state index in [2.05, 4.69) is 39.9 Å². The smallest absolute Gasteiger partial charge is 0.233 e. The molecule has 4 aliphatic carbocycles. The lowest BCUT2D eigenvalue weighted by Gasteiger charge is -2.71. The number of hydrogen-bond acceptors (Lipinski definition) is 2. The number of carbonyl (C=O) groups is 2. The van der Waals surface area contributed by atoms with Gasteiger partial charge in [0.2, 0.25) is 11.8 Å². The third kappa shape index (κ3) is 1.93. The summed E-state index contributed by atoms with van der Waals surface area (Å²) in [7, 11) is 0. The van der Waals surface area contributed by atoms with E-state index < -0.39 is 5.41 Å². The van der Waals surface area contributed by atoms with Crippen molar-refractivity contribution >= 4 is 11.8 Å². The molecule has 0 saturated heterocycles. The summed E-state index contributed by atoms with van der Waals surface area (Å²) >= 11 is 0. The predicted molar refractivity (Wildman–Crippen MR) is 98.6 cm³/mol. The molecule has 1 N–H and O–H groups in total. The van der Waals surface area contributed by atoms with E-state index in [1.807, 2.05) is 6.92 Å². The van der Waals surface area contributed by atoms with Crippen LogP contribution in [0.5, 0.6) is 0 Å². The van der Waals surface area contributed by atoms with Gasteiger partial charge >= 0.3 is 0 Å². The van der Waals surface area contributed by atoms with Gasteiger partial charge in [0.15, 0.2) is 0 Å². The van der Waals surface area contributed by atoms with Gasteiger partial charge in [-0.15, -0.1) is 0 Å². The minimum absolute atomic E-state index is 0.0495. The van der Waals surface area contributed by atoms with E-state index in [4.69, 9.17) is 0 Å². The van der Waals surface area contributed by atoms with Crippen molar-refractivity contribution in [3.63, 3.8) is 0 Å². The highest BCUT2D eigenvalue weighted by molar-refractivity contribution is 6.02. The molecule has 5 unspecified atom stereocenters. The van der Waals surface area contributed by atoms with Crippen LogP contribution in [0.25, 0.3) is 0 Å². The van der Waals surface area contributed by atoms with E-state index >= 15 is 0 Å². The van der Waals surface area contributed by atoms with Crippen LogP contribution in [-0.4, -0.2) is 11.8 Å². The topological polar surface area (TPSA) is 46.2 Å². The van der Waals surface area contributed by atoms with E-state index in [-0.39, 0.29) is 28.1 Å². The molecular weight excluding hydrogens is 310 g/mol. The molecule has 4 fully saturated rings. The van der Waals surface area contributed by atoms with Gasteiger partial charge in [-0.05, 0) is 73.0 Å². The fourth-order valence-electron chi connectivity index (χ4n) is 7.50. The van der Waals surface area contributed by atoms with Crippen molar-refractivity contribution in [1.82, 2.24) is 5.32 Å². The summed E-state index contributed by atoms with van der Waals surface area (Å²) < 4.78 is 0. The van der Waals surface area contributed by atoms with Gasteiger partial charge in [-0.25, -0.2) is 0 Å². The summed E-state index contributed by atoms with van der Waals surface area (Å²) in [5, 5.41) is 2.94. The van der Waals surface area contributed by atoms with Crippen molar-refractivity contribution in [1.29, 1.82) is 0 Å². The molecule has 0 aromatic rings. The molecule has 4 rings (SSSR count). The van der Waals surface area contributed by atoms with E-state index in [0.717, 1.165) is 37.0 Å². The van der Waals surface area contributed by atoms with Crippen LogP contribution in [0.3, 0.4) is 0 Å². The summed E-state index contributed by atoms with van der Waals surface area (Å²) in [5.41, 5.74) is -0.605. The molecular formula is C22H35NO2. The maximum Gasteiger partial charge on any atom is 0.233 e. The van der Waals surface area contributed by atoms with E-state index in [9.17, 15) is 9.59 Å².